The van der Waals surface area contributed by atoms with E-state index in [1.54, 1.807) is 6.42 Å². The van der Waals surface area contributed by atoms with Crippen LogP contribution in [0.25, 0.3) is 0 Å². The van der Waals surface area contributed by atoms with Crippen molar-refractivity contribution in [2.45, 2.75) is 26.2 Å². The summed E-state index contributed by atoms with van der Waals surface area (Å²) in [5.41, 5.74) is 0. The third-order valence-corrected chi connectivity index (χ3v) is 1.53. The van der Waals surface area contributed by atoms with Crippen LogP contribution in [0, 0.1) is 24.8 Å². The van der Waals surface area contributed by atoms with E-state index in [0.29, 0.717) is 12.2 Å². The second-order valence-corrected chi connectivity index (χ2v) is 2.94. The second-order valence-electron chi connectivity index (χ2n) is 2.94. The van der Waals surface area contributed by atoms with E-state index >= 15 is 0 Å². The molecule has 0 aromatic carbocycles. The van der Waals surface area contributed by atoms with Crippen molar-refractivity contribution < 1.29 is 21.8 Å². The molecule has 0 unspecified atom stereocenters. The Kier molecular flexibility index (Phi) is 15.2. The fourth-order valence-electron chi connectivity index (χ4n) is 0.805. The van der Waals surface area contributed by atoms with Gasteiger partial charge in [0.2, 0.25) is 0 Å². The average molecular weight is 257 g/mol. The van der Waals surface area contributed by atoms with Crippen molar-refractivity contribution in [2.24, 2.45) is 0 Å². The van der Waals surface area contributed by atoms with Gasteiger partial charge in [0, 0.05) is 0 Å². The van der Waals surface area contributed by atoms with Crippen molar-refractivity contribution in [1.29, 1.82) is 0 Å². The molecule has 0 heterocycles. The van der Waals surface area contributed by atoms with E-state index in [1.807, 2.05) is 12.2 Å². The Labute approximate surface area is 110 Å². The SMILES string of the molecule is C#CC[CH-]C(=C)OCCC.[C-]1=CCC=C1.[Mn+2]. The van der Waals surface area contributed by atoms with Crippen LogP contribution < -0.4 is 0 Å². The molecule has 1 aliphatic carbocycles. The topological polar surface area (TPSA) is 9.23 Å². The fraction of sp³-hybridized carbons (Fsp3) is 0.357. The monoisotopic (exact) mass is 257 g/mol. The van der Waals surface area contributed by atoms with Gasteiger partial charge in [-0.25, -0.2) is 18.7 Å². The second kappa shape index (κ2) is 14.0. The third-order valence-electron chi connectivity index (χ3n) is 1.53. The average Bonchev–Trinajstić information content (AvgIpc) is 2.82. The molecule has 1 aliphatic rings. The first-order chi connectivity index (χ1) is 7.31. The van der Waals surface area contributed by atoms with Crippen molar-refractivity contribution in [3.8, 4) is 12.3 Å². The Morgan fingerprint density at radius 3 is 2.81 bits per heavy atom. The smallest absolute Gasteiger partial charge is 0.531 e. The first kappa shape index (κ1) is 17.4. The number of terminal acetylenes is 1. The number of rotatable bonds is 5. The molecule has 0 N–H and O–H groups in total. The molecule has 0 saturated carbocycles. The molecule has 0 bridgehead atoms. The van der Waals surface area contributed by atoms with Crippen LogP contribution in [0.4, 0.5) is 0 Å². The minimum absolute atomic E-state index is 0. The standard InChI is InChI=1S/C9H13O.C5H5.Mn/c1-4-6-7-9(3)10-8-5-2;1-2-4-5-3-1;/h1,7H,3,5-6,8H2,2H3;1-2,5H,3H2;/q2*-1;+2. The quantitative estimate of drug-likeness (QED) is 0.317. The number of ether oxygens (including phenoxy) is 1. The first-order valence-corrected chi connectivity index (χ1v) is 5.12. The molecular weight excluding hydrogens is 239 g/mol. The summed E-state index contributed by atoms with van der Waals surface area (Å²) in [4.78, 5) is 0. The minimum atomic E-state index is 0. The van der Waals surface area contributed by atoms with Gasteiger partial charge >= 0.3 is 17.1 Å². The number of allylic oxidation sites excluding steroid dienone is 5. The van der Waals surface area contributed by atoms with Gasteiger partial charge in [-0.2, -0.15) is 12.5 Å². The Morgan fingerprint density at radius 2 is 2.44 bits per heavy atom. The van der Waals surface area contributed by atoms with Crippen molar-refractivity contribution in [1.82, 2.24) is 0 Å². The third kappa shape index (κ3) is 13.0. The summed E-state index contributed by atoms with van der Waals surface area (Å²) in [5.74, 6) is 3.16. The molecule has 0 aromatic heterocycles. The minimum Gasteiger partial charge on any atom is -0.531 e. The largest absolute Gasteiger partial charge is 2.00 e. The molecule has 1 nitrogen and oxygen atoms in total. The molecular formula is C14H18MnO. The molecule has 0 spiro atoms. The van der Waals surface area contributed by atoms with Crippen LogP contribution in [-0.4, -0.2) is 6.61 Å². The van der Waals surface area contributed by atoms with Gasteiger partial charge in [0.1, 0.15) is 0 Å². The molecule has 1 rings (SSSR count). The van der Waals surface area contributed by atoms with Crippen LogP contribution in [0.5, 0.6) is 0 Å². The summed E-state index contributed by atoms with van der Waals surface area (Å²) in [6, 6.07) is 0. The van der Waals surface area contributed by atoms with E-state index in [4.69, 9.17) is 11.2 Å². The van der Waals surface area contributed by atoms with Crippen molar-refractivity contribution in [3.63, 3.8) is 0 Å². The summed E-state index contributed by atoms with van der Waals surface area (Å²) in [5, 5.41) is 0. The predicted octanol–water partition coefficient (Wildman–Crippen LogP) is 3.46. The Balaban J connectivity index is 0. The maximum atomic E-state index is 5.15. The normalized spacial score (nSPS) is 10.5. The molecule has 0 amide bonds. The number of hydrogen-bond acceptors (Lipinski definition) is 1. The Bertz CT molecular complexity index is 248. The van der Waals surface area contributed by atoms with Crippen molar-refractivity contribution in [3.05, 3.63) is 43.1 Å². The van der Waals surface area contributed by atoms with Crippen molar-refractivity contribution >= 4 is 0 Å². The van der Waals surface area contributed by atoms with E-state index in [-0.39, 0.29) is 17.1 Å². The summed E-state index contributed by atoms with van der Waals surface area (Å²) < 4.78 is 5.15. The molecule has 87 valence electrons. The fourth-order valence-corrected chi connectivity index (χ4v) is 0.805. The summed E-state index contributed by atoms with van der Waals surface area (Å²) in [7, 11) is 0. The zero-order chi connectivity index (χ0) is 11.4. The van der Waals surface area contributed by atoms with Crippen LogP contribution >= 0.6 is 0 Å². The van der Waals surface area contributed by atoms with E-state index < -0.39 is 0 Å². The van der Waals surface area contributed by atoms with E-state index in [0.717, 1.165) is 19.4 Å². The van der Waals surface area contributed by atoms with Crippen LogP contribution in [0.2, 0.25) is 0 Å². The molecule has 0 saturated heterocycles. The van der Waals surface area contributed by atoms with Crippen LogP contribution in [0.15, 0.2) is 30.6 Å². The van der Waals surface area contributed by atoms with E-state index in [9.17, 15) is 0 Å². The summed E-state index contributed by atoms with van der Waals surface area (Å²) >= 11 is 0. The molecule has 0 atom stereocenters. The van der Waals surface area contributed by atoms with Gasteiger partial charge in [0.25, 0.3) is 0 Å². The predicted molar refractivity (Wildman–Crippen MR) is 64.7 cm³/mol. The van der Waals surface area contributed by atoms with Gasteiger partial charge in [-0.3, -0.25) is 6.08 Å². The molecule has 1 radical (unpaired) electrons. The van der Waals surface area contributed by atoms with Crippen LogP contribution in [0.1, 0.15) is 26.2 Å². The van der Waals surface area contributed by atoms with Gasteiger partial charge in [-0.05, 0) is 18.6 Å². The van der Waals surface area contributed by atoms with E-state index in [1.165, 1.54) is 0 Å². The molecule has 16 heavy (non-hydrogen) atoms. The first-order valence-electron chi connectivity index (χ1n) is 5.12. The molecule has 0 aromatic rings. The van der Waals surface area contributed by atoms with Gasteiger partial charge in [0.15, 0.2) is 0 Å². The molecule has 0 aliphatic heterocycles. The Hall–Kier alpha value is -1.03. The van der Waals surface area contributed by atoms with Crippen LogP contribution in [-0.2, 0) is 21.8 Å². The van der Waals surface area contributed by atoms with Crippen molar-refractivity contribution in [2.75, 3.05) is 6.61 Å². The maximum absolute atomic E-state index is 5.15. The van der Waals surface area contributed by atoms with Gasteiger partial charge in [-0.1, -0.05) is 6.92 Å². The Morgan fingerprint density at radius 1 is 1.69 bits per heavy atom. The van der Waals surface area contributed by atoms with Gasteiger partial charge < -0.3 is 4.74 Å². The molecule has 0 fully saturated rings. The van der Waals surface area contributed by atoms with E-state index in [2.05, 4.69) is 31.6 Å². The van der Waals surface area contributed by atoms with Gasteiger partial charge in [0.05, 0.1) is 6.61 Å². The zero-order valence-corrected chi connectivity index (χ0v) is 10.9. The summed E-state index contributed by atoms with van der Waals surface area (Å²) in [6.45, 7) is 6.43. The van der Waals surface area contributed by atoms with Gasteiger partial charge in [-0.15, -0.1) is 18.8 Å². The zero-order valence-electron chi connectivity index (χ0n) is 9.71. The van der Waals surface area contributed by atoms with Crippen LogP contribution in [0.3, 0.4) is 0 Å². The molecule has 2 heteroatoms. The number of hydrogen-bond donors (Lipinski definition) is 0. The maximum Gasteiger partial charge on any atom is 2.00 e. The summed E-state index contributed by atoms with van der Waals surface area (Å²) in [6.07, 6.45) is 18.4.